The van der Waals surface area contributed by atoms with E-state index in [0.29, 0.717) is 5.75 Å². The summed E-state index contributed by atoms with van der Waals surface area (Å²) in [4.78, 5) is 0.874. The summed E-state index contributed by atoms with van der Waals surface area (Å²) < 4.78 is 26.5. The van der Waals surface area contributed by atoms with Gasteiger partial charge in [0.1, 0.15) is 11.6 Å². The van der Waals surface area contributed by atoms with Crippen molar-refractivity contribution in [2.45, 2.75) is 17.9 Å². The summed E-state index contributed by atoms with van der Waals surface area (Å²) >= 11 is 1.55. The smallest absolute Gasteiger partial charge is 0.124 e. The molecule has 1 atom stereocenters. The standard InChI is InChI=1S/C16H17F2NS/c1-11-6-7-13(18)9-15(11)16(19-2)10-20-14-5-3-4-12(17)8-14/h3-9,16,19H,10H2,1-2H3. The lowest BCUT2D eigenvalue weighted by molar-refractivity contribution is 0.609. The number of thioether (sulfide) groups is 1. The number of aryl methyl sites for hydroxylation is 1. The molecule has 0 saturated carbocycles. The van der Waals surface area contributed by atoms with Gasteiger partial charge in [0.25, 0.3) is 0 Å². The highest BCUT2D eigenvalue weighted by molar-refractivity contribution is 7.99. The van der Waals surface area contributed by atoms with Crippen LogP contribution in [0.3, 0.4) is 0 Å². The second-order valence-corrected chi connectivity index (χ2v) is 5.70. The Bertz CT molecular complexity index is 586. The summed E-state index contributed by atoms with van der Waals surface area (Å²) in [5.41, 5.74) is 1.99. The quantitative estimate of drug-likeness (QED) is 0.824. The molecular weight excluding hydrogens is 276 g/mol. The van der Waals surface area contributed by atoms with Crippen molar-refractivity contribution < 1.29 is 8.78 Å². The molecule has 2 aromatic carbocycles. The molecule has 0 saturated heterocycles. The van der Waals surface area contributed by atoms with Crippen molar-refractivity contribution in [3.8, 4) is 0 Å². The minimum atomic E-state index is -0.238. The van der Waals surface area contributed by atoms with Gasteiger partial charge in [-0.25, -0.2) is 8.78 Å². The van der Waals surface area contributed by atoms with E-state index in [4.69, 9.17) is 0 Å². The molecule has 0 aromatic heterocycles. The molecule has 0 bridgehead atoms. The molecule has 0 fully saturated rings. The van der Waals surface area contributed by atoms with Gasteiger partial charge in [-0.1, -0.05) is 12.1 Å². The van der Waals surface area contributed by atoms with Crippen LogP contribution in [-0.2, 0) is 0 Å². The molecule has 2 rings (SSSR count). The number of benzene rings is 2. The van der Waals surface area contributed by atoms with E-state index in [1.807, 2.05) is 20.0 Å². The second-order valence-electron chi connectivity index (χ2n) is 4.61. The van der Waals surface area contributed by atoms with Gasteiger partial charge in [0.05, 0.1) is 0 Å². The minimum absolute atomic E-state index is 0.0268. The average molecular weight is 293 g/mol. The van der Waals surface area contributed by atoms with Crippen molar-refractivity contribution in [1.29, 1.82) is 0 Å². The van der Waals surface area contributed by atoms with Crippen LogP contribution in [0.25, 0.3) is 0 Å². The summed E-state index contributed by atoms with van der Waals surface area (Å²) in [6.07, 6.45) is 0. The molecule has 4 heteroatoms. The molecular formula is C16H17F2NS. The Morgan fingerprint density at radius 2 is 1.85 bits per heavy atom. The highest BCUT2D eigenvalue weighted by atomic mass is 32.2. The Labute approximate surface area is 122 Å². The van der Waals surface area contributed by atoms with Crippen LogP contribution in [-0.4, -0.2) is 12.8 Å². The number of nitrogens with one attached hydrogen (secondary N) is 1. The highest BCUT2D eigenvalue weighted by Crippen LogP contribution is 2.27. The summed E-state index contributed by atoms with van der Waals surface area (Å²) in [7, 11) is 1.85. The fourth-order valence-electron chi connectivity index (χ4n) is 2.05. The van der Waals surface area contributed by atoms with Crippen LogP contribution in [0.5, 0.6) is 0 Å². The van der Waals surface area contributed by atoms with E-state index < -0.39 is 0 Å². The number of rotatable bonds is 5. The number of hydrogen-bond acceptors (Lipinski definition) is 2. The first-order chi connectivity index (χ1) is 9.60. The first kappa shape index (κ1) is 15.0. The van der Waals surface area contributed by atoms with Crippen LogP contribution in [0, 0.1) is 18.6 Å². The SMILES string of the molecule is CNC(CSc1cccc(F)c1)c1cc(F)ccc1C. The second kappa shape index (κ2) is 6.86. The van der Waals surface area contributed by atoms with E-state index in [2.05, 4.69) is 5.32 Å². The van der Waals surface area contributed by atoms with E-state index >= 15 is 0 Å². The van der Waals surface area contributed by atoms with Crippen LogP contribution in [0.1, 0.15) is 17.2 Å². The lowest BCUT2D eigenvalue weighted by Gasteiger charge is -2.18. The molecule has 1 unspecified atom stereocenters. The van der Waals surface area contributed by atoms with Gasteiger partial charge in [-0.3, -0.25) is 0 Å². The van der Waals surface area contributed by atoms with Crippen LogP contribution in [0.15, 0.2) is 47.4 Å². The first-order valence-electron chi connectivity index (χ1n) is 6.42. The molecule has 1 N–H and O–H groups in total. The summed E-state index contributed by atoms with van der Waals surface area (Å²) in [6.45, 7) is 1.96. The Balaban J connectivity index is 2.11. The normalized spacial score (nSPS) is 12.4. The zero-order valence-corrected chi connectivity index (χ0v) is 12.3. The molecule has 0 spiro atoms. The fraction of sp³-hybridized carbons (Fsp3) is 0.250. The van der Waals surface area contributed by atoms with Crippen molar-refractivity contribution in [3.63, 3.8) is 0 Å². The largest absolute Gasteiger partial charge is 0.312 e. The van der Waals surface area contributed by atoms with Crippen molar-refractivity contribution in [2.75, 3.05) is 12.8 Å². The molecule has 20 heavy (non-hydrogen) atoms. The maximum atomic E-state index is 13.4. The third-order valence-corrected chi connectivity index (χ3v) is 4.27. The van der Waals surface area contributed by atoms with Crippen molar-refractivity contribution in [2.24, 2.45) is 0 Å². The molecule has 0 radical (unpaired) electrons. The third-order valence-electron chi connectivity index (χ3n) is 3.18. The predicted molar refractivity (Wildman–Crippen MR) is 80.1 cm³/mol. The summed E-state index contributed by atoms with van der Waals surface area (Å²) in [5, 5.41) is 3.19. The highest BCUT2D eigenvalue weighted by Gasteiger charge is 2.13. The summed E-state index contributed by atoms with van der Waals surface area (Å²) in [6, 6.07) is 11.3. The molecule has 0 amide bonds. The van der Waals surface area contributed by atoms with Gasteiger partial charge in [0, 0.05) is 16.7 Å². The maximum absolute atomic E-state index is 13.4. The van der Waals surface area contributed by atoms with Gasteiger partial charge < -0.3 is 5.32 Å². The first-order valence-corrected chi connectivity index (χ1v) is 7.40. The van der Waals surface area contributed by atoms with Crippen molar-refractivity contribution >= 4 is 11.8 Å². The zero-order valence-electron chi connectivity index (χ0n) is 11.5. The molecule has 106 valence electrons. The van der Waals surface area contributed by atoms with Gasteiger partial charge in [0.2, 0.25) is 0 Å². The molecule has 0 aliphatic carbocycles. The average Bonchev–Trinajstić information content (AvgIpc) is 2.43. The van der Waals surface area contributed by atoms with Gasteiger partial charge in [-0.15, -0.1) is 11.8 Å². The van der Waals surface area contributed by atoms with Crippen molar-refractivity contribution in [3.05, 3.63) is 65.2 Å². The van der Waals surface area contributed by atoms with Crippen LogP contribution < -0.4 is 5.32 Å². The fourth-order valence-corrected chi connectivity index (χ4v) is 3.13. The van der Waals surface area contributed by atoms with Crippen LogP contribution in [0.4, 0.5) is 8.78 Å². The Kier molecular flexibility index (Phi) is 5.15. The van der Waals surface area contributed by atoms with Gasteiger partial charge >= 0.3 is 0 Å². The molecule has 1 nitrogen and oxygen atoms in total. The Morgan fingerprint density at radius 1 is 1.10 bits per heavy atom. The van der Waals surface area contributed by atoms with E-state index in [-0.39, 0.29) is 17.7 Å². The number of halogens is 2. The lowest BCUT2D eigenvalue weighted by Crippen LogP contribution is -2.20. The van der Waals surface area contributed by atoms with E-state index in [0.717, 1.165) is 16.0 Å². The van der Waals surface area contributed by atoms with Gasteiger partial charge in [0.15, 0.2) is 0 Å². The van der Waals surface area contributed by atoms with Crippen LogP contribution >= 0.6 is 11.8 Å². The maximum Gasteiger partial charge on any atom is 0.124 e. The topological polar surface area (TPSA) is 12.0 Å². The Hall–Kier alpha value is -1.39. The third kappa shape index (κ3) is 3.81. The molecule has 0 aliphatic rings. The number of hydrogen-bond donors (Lipinski definition) is 1. The summed E-state index contributed by atoms with van der Waals surface area (Å²) in [5.74, 6) is 0.240. The van der Waals surface area contributed by atoms with Crippen molar-refractivity contribution in [1.82, 2.24) is 5.32 Å². The molecule has 2 aromatic rings. The molecule has 0 heterocycles. The molecule has 0 aliphatic heterocycles. The van der Waals surface area contributed by atoms with E-state index in [1.54, 1.807) is 30.0 Å². The predicted octanol–water partition coefficient (Wildman–Crippen LogP) is 4.33. The van der Waals surface area contributed by atoms with Gasteiger partial charge in [-0.05, 0) is 55.4 Å². The Morgan fingerprint density at radius 3 is 2.55 bits per heavy atom. The van der Waals surface area contributed by atoms with E-state index in [9.17, 15) is 8.78 Å². The zero-order chi connectivity index (χ0) is 14.5. The van der Waals surface area contributed by atoms with Gasteiger partial charge in [-0.2, -0.15) is 0 Å². The minimum Gasteiger partial charge on any atom is -0.312 e. The van der Waals surface area contributed by atoms with Crippen LogP contribution in [0.2, 0.25) is 0 Å². The lowest BCUT2D eigenvalue weighted by atomic mass is 10.0. The monoisotopic (exact) mass is 293 g/mol. The van der Waals surface area contributed by atoms with E-state index in [1.165, 1.54) is 18.2 Å².